The Hall–Kier alpha value is -1.52. The topological polar surface area (TPSA) is 42.7 Å². The molecule has 2 fully saturated rings. The summed E-state index contributed by atoms with van der Waals surface area (Å²) in [5.41, 5.74) is 3.13. The Morgan fingerprint density at radius 2 is 2.27 bits per heavy atom. The number of rotatable bonds is 6. The number of ether oxygens (including phenoxy) is 1. The number of nitrogens with zero attached hydrogens (tertiary/aromatic N) is 1. The predicted octanol–water partition coefficient (Wildman–Crippen LogP) is 4.48. The van der Waals surface area contributed by atoms with Crippen LogP contribution in [0.3, 0.4) is 0 Å². The van der Waals surface area contributed by atoms with E-state index in [9.17, 15) is 4.79 Å². The minimum Gasteiger partial charge on any atom is -0.384 e. The molecule has 0 aromatic carbocycles. The van der Waals surface area contributed by atoms with Gasteiger partial charge in [-0.25, -0.2) is 0 Å². The first-order chi connectivity index (χ1) is 12.6. The van der Waals surface area contributed by atoms with Crippen molar-refractivity contribution in [2.24, 2.45) is 11.3 Å². The second-order valence-electron chi connectivity index (χ2n) is 8.04. The molecule has 2 aliphatic carbocycles. The molecule has 4 rings (SSSR count). The molecule has 2 aliphatic rings. The van der Waals surface area contributed by atoms with Gasteiger partial charge in [0.05, 0.1) is 22.7 Å². The van der Waals surface area contributed by atoms with Crippen LogP contribution in [0.15, 0.2) is 24.4 Å². The van der Waals surface area contributed by atoms with E-state index in [1.165, 1.54) is 38.5 Å². The summed E-state index contributed by atoms with van der Waals surface area (Å²) in [5, 5.41) is 3.79. The number of halogens is 1. The Bertz CT molecular complexity index is 810. The number of fused-ring (bicyclic) bond motifs is 1. The summed E-state index contributed by atoms with van der Waals surface area (Å²) in [4.78, 5) is 12.9. The minimum atomic E-state index is -0.0188. The van der Waals surface area contributed by atoms with Gasteiger partial charge in [-0.15, -0.1) is 0 Å². The lowest BCUT2D eigenvalue weighted by Gasteiger charge is -2.29. The number of methoxy groups -OCH3 is 1. The summed E-state index contributed by atoms with van der Waals surface area (Å²) in [6.45, 7) is 1.39. The minimum absolute atomic E-state index is 0.0188. The van der Waals surface area contributed by atoms with Crippen LogP contribution in [0.25, 0.3) is 5.52 Å². The number of pyridine rings is 1. The van der Waals surface area contributed by atoms with Crippen LogP contribution < -0.4 is 5.32 Å². The van der Waals surface area contributed by atoms with Gasteiger partial charge in [-0.3, -0.25) is 4.79 Å². The zero-order valence-electron chi connectivity index (χ0n) is 15.4. The van der Waals surface area contributed by atoms with Crippen LogP contribution >= 0.6 is 11.6 Å². The lowest BCUT2D eigenvalue weighted by molar-refractivity contribution is 0.0940. The smallest absolute Gasteiger partial charge is 0.253 e. The van der Waals surface area contributed by atoms with Gasteiger partial charge in [0.25, 0.3) is 5.91 Å². The van der Waals surface area contributed by atoms with E-state index >= 15 is 0 Å². The van der Waals surface area contributed by atoms with Gasteiger partial charge in [0, 0.05) is 32.0 Å². The van der Waals surface area contributed by atoms with Crippen molar-refractivity contribution in [1.82, 2.24) is 9.72 Å². The molecule has 0 bridgehead atoms. The monoisotopic (exact) mass is 374 g/mol. The largest absolute Gasteiger partial charge is 0.384 e. The van der Waals surface area contributed by atoms with Gasteiger partial charge in [0.1, 0.15) is 0 Å². The number of amides is 1. The van der Waals surface area contributed by atoms with Crippen molar-refractivity contribution >= 4 is 23.0 Å². The highest BCUT2D eigenvalue weighted by Crippen LogP contribution is 2.57. The van der Waals surface area contributed by atoms with E-state index in [-0.39, 0.29) is 5.91 Å². The van der Waals surface area contributed by atoms with E-state index < -0.39 is 0 Å². The first-order valence-electron chi connectivity index (χ1n) is 9.67. The third kappa shape index (κ3) is 3.49. The van der Waals surface area contributed by atoms with E-state index in [2.05, 4.69) is 5.32 Å². The Morgan fingerprint density at radius 3 is 3.04 bits per heavy atom. The van der Waals surface area contributed by atoms with Crippen molar-refractivity contribution in [3.8, 4) is 0 Å². The van der Waals surface area contributed by atoms with E-state index in [4.69, 9.17) is 16.3 Å². The van der Waals surface area contributed by atoms with Crippen molar-refractivity contribution in [3.63, 3.8) is 0 Å². The van der Waals surface area contributed by atoms with Crippen LogP contribution in [0.1, 0.15) is 54.6 Å². The molecular weight excluding hydrogens is 348 g/mol. The molecule has 1 amide bonds. The van der Waals surface area contributed by atoms with Crippen LogP contribution in [0.5, 0.6) is 0 Å². The summed E-state index contributed by atoms with van der Waals surface area (Å²) >= 11 is 6.42. The van der Waals surface area contributed by atoms with Gasteiger partial charge >= 0.3 is 0 Å². The number of carbonyl (C=O) groups excluding carboxylic acids is 1. The third-order valence-electron chi connectivity index (χ3n) is 6.18. The molecule has 4 nitrogen and oxygen atoms in total. The fraction of sp³-hybridized carbons (Fsp3) is 0.571. The first kappa shape index (κ1) is 17.9. The fourth-order valence-electron chi connectivity index (χ4n) is 4.58. The molecule has 2 heterocycles. The zero-order valence-corrected chi connectivity index (χ0v) is 16.1. The second kappa shape index (κ2) is 7.24. The van der Waals surface area contributed by atoms with Crippen LogP contribution in [0.4, 0.5) is 0 Å². The summed E-state index contributed by atoms with van der Waals surface area (Å²) in [7, 11) is 1.69. The van der Waals surface area contributed by atoms with E-state index in [1.54, 1.807) is 7.11 Å². The molecule has 1 N–H and O–H groups in total. The summed E-state index contributed by atoms with van der Waals surface area (Å²) in [6, 6.07) is 5.70. The molecule has 2 saturated carbocycles. The molecule has 0 saturated heterocycles. The third-order valence-corrected chi connectivity index (χ3v) is 6.48. The molecule has 26 heavy (non-hydrogen) atoms. The molecular formula is C21H27ClN2O2. The molecule has 2 aromatic heterocycles. The maximum Gasteiger partial charge on any atom is 0.253 e. The van der Waals surface area contributed by atoms with Crippen molar-refractivity contribution in [2.45, 2.75) is 44.9 Å². The maximum absolute atomic E-state index is 12.9. The lowest BCUT2D eigenvalue weighted by atomic mass is 9.79. The molecule has 0 aliphatic heterocycles. The van der Waals surface area contributed by atoms with Gasteiger partial charge in [0.2, 0.25) is 0 Å². The number of hydrogen-bond acceptors (Lipinski definition) is 2. The number of aromatic nitrogens is 1. The van der Waals surface area contributed by atoms with Crippen LogP contribution in [0, 0.1) is 11.3 Å². The van der Waals surface area contributed by atoms with Gasteiger partial charge in [-0.2, -0.15) is 0 Å². The quantitative estimate of drug-likeness (QED) is 0.809. The molecule has 1 unspecified atom stereocenters. The standard InChI is InChI=1S/C21H27ClN2O2/c1-26-11-6-16-12-17(19-18(22)5-3-10-24(16)19)20(25)23-14-15-4-2-7-21(13-15)8-9-21/h3,5,10,12,15H,2,4,6-9,11,13-14H2,1H3,(H,23,25). The first-order valence-corrected chi connectivity index (χ1v) is 10.1. The highest BCUT2D eigenvalue weighted by molar-refractivity contribution is 6.34. The van der Waals surface area contributed by atoms with Crippen molar-refractivity contribution in [3.05, 3.63) is 40.7 Å². The van der Waals surface area contributed by atoms with Gasteiger partial charge in [-0.05, 0) is 61.6 Å². The Labute approximate surface area is 159 Å². The Morgan fingerprint density at radius 1 is 1.42 bits per heavy atom. The van der Waals surface area contributed by atoms with Crippen molar-refractivity contribution in [1.29, 1.82) is 0 Å². The fourth-order valence-corrected chi connectivity index (χ4v) is 4.84. The number of hydrogen-bond donors (Lipinski definition) is 1. The van der Waals surface area contributed by atoms with Gasteiger partial charge < -0.3 is 14.5 Å². The summed E-state index contributed by atoms with van der Waals surface area (Å²) < 4.78 is 7.21. The Balaban J connectivity index is 1.50. The van der Waals surface area contributed by atoms with Gasteiger partial charge in [-0.1, -0.05) is 18.0 Å². The van der Waals surface area contributed by atoms with Crippen molar-refractivity contribution in [2.75, 3.05) is 20.3 Å². The maximum atomic E-state index is 12.9. The van der Waals surface area contributed by atoms with Crippen LogP contribution in [0.2, 0.25) is 5.02 Å². The van der Waals surface area contributed by atoms with E-state index in [0.29, 0.717) is 28.5 Å². The molecule has 140 valence electrons. The number of carbonyl (C=O) groups is 1. The molecule has 1 spiro atoms. The summed E-state index contributed by atoms with van der Waals surface area (Å²) in [6.07, 6.45) is 10.7. The van der Waals surface area contributed by atoms with E-state index in [0.717, 1.165) is 24.2 Å². The normalized spacial score (nSPS) is 21.2. The van der Waals surface area contributed by atoms with Crippen molar-refractivity contribution < 1.29 is 9.53 Å². The highest BCUT2D eigenvalue weighted by atomic mass is 35.5. The molecule has 0 radical (unpaired) electrons. The molecule has 2 aromatic rings. The van der Waals surface area contributed by atoms with E-state index in [1.807, 2.05) is 28.8 Å². The lowest BCUT2D eigenvalue weighted by Crippen LogP contribution is -2.32. The summed E-state index contributed by atoms with van der Waals surface area (Å²) in [5.74, 6) is 0.599. The Kier molecular flexibility index (Phi) is 4.98. The zero-order chi connectivity index (χ0) is 18.1. The molecule has 1 atom stereocenters. The average molecular weight is 375 g/mol. The highest BCUT2D eigenvalue weighted by Gasteiger charge is 2.45. The van der Waals surface area contributed by atoms with Crippen LogP contribution in [-0.2, 0) is 11.2 Å². The average Bonchev–Trinajstić information content (AvgIpc) is 3.27. The second-order valence-corrected chi connectivity index (χ2v) is 8.45. The van der Waals surface area contributed by atoms with Gasteiger partial charge in [0.15, 0.2) is 0 Å². The van der Waals surface area contributed by atoms with Crippen LogP contribution in [-0.4, -0.2) is 30.6 Å². The molecule has 5 heteroatoms. The predicted molar refractivity (Wildman–Crippen MR) is 104 cm³/mol. The SMILES string of the molecule is COCCc1cc(C(=O)NCC2CCCC3(CC3)C2)c2c(Cl)cccn12. The number of nitrogens with one attached hydrogen (secondary N) is 1.